The molecule has 0 fully saturated rings. The van der Waals surface area contributed by atoms with Gasteiger partial charge in [0.05, 0.1) is 13.0 Å². The molecule has 0 atom stereocenters. The third-order valence-corrected chi connectivity index (χ3v) is 2.14. The predicted octanol–water partition coefficient (Wildman–Crippen LogP) is 1.50. The van der Waals surface area contributed by atoms with E-state index in [1.165, 1.54) is 11.3 Å². The Bertz CT molecular complexity index is 338. The average Bonchev–Trinajstić information content (AvgIpc) is 2.54. The lowest BCUT2D eigenvalue weighted by Crippen LogP contribution is -2.04. The molecule has 4 heteroatoms. The minimum atomic E-state index is -0.387. The van der Waals surface area contributed by atoms with Crippen molar-refractivity contribution < 1.29 is 9.53 Å². The topological polar surface area (TPSA) is 39.2 Å². The lowest BCUT2D eigenvalue weighted by Gasteiger charge is -1.95. The number of ether oxygens (including phenoxy) is 1. The van der Waals surface area contributed by atoms with Crippen molar-refractivity contribution in [1.29, 1.82) is 0 Å². The smallest absolute Gasteiger partial charge is 0.357 e. The molecule has 0 radical (unpaired) electrons. The van der Waals surface area contributed by atoms with Crippen LogP contribution in [0.15, 0.2) is 5.38 Å². The van der Waals surface area contributed by atoms with Gasteiger partial charge >= 0.3 is 5.97 Å². The summed E-state index contributed by atoms with van der Waals surface area (Å²) in [5.41, 5.74) is 0.345. The number of aromatic nitrogens is 1. The van der Waals surface area contributed by atoms with Crippen molar-refractivity contribution >= 4 is 17.3 Å². The van der Waals surface area contributed by atoms with Crippen LogP contribution in [-0.4, -0.2) is 17.6 Å². The molecule has 0 aliphatic carbocycles. The van der Waals surface area contributed by atoms with Gasteiger partial charge in [-0.15, -0.1) is 17.8 Å². The molecule has 68 valence electrons. The number of thiazole rings is 1. The van der Waals surface area contributed by atoms with Crippen LogP contribution in [0.1, 0.15) is 22.4 Å². The summed E-state index contributed by atoms with van der Waals surface area (Å²) in [5, 5.41) is 2.43. The van der Waals surface area contributed by atoms with Gasteiger partial charge in [-0.05, 0) is 6.92 Å². The Labute approximate surface area is 80.8 Å². The van der Waals surface area contributed by atoms with E-state index in [1.54, 1.807) is 12.3 Å². The fraction of sp³-hybridized carbons (Fsp3) is 0.333. The number of esters is 1. The molecular weight excluding hydrogens is 186 g/mol. The van der Waals surface area contributed by atoms with Crippen molar-refractivity contribution in [1.82, 2.24) is 4.98 Å². The van der Waals surface area contributed by atoms with E-state index in [1.807, 2.05) is 0 Å². The van der Waals surface area contributed by atoms with E-state index < -0.39 is 0 Å². The molecule has 3 nitrogen and oxygen atoms in total. The van der Waals surface area contributed by atoms with Crippen molar-refractivity contribution in [3.05, 3.63) is 16.1 Å². The summed E-state index contributed by atoms with van der Waals surface area (Å²) in [6, 6.07) is 0. The Morgan fingerprint density at radius 2 is 2.62 bits per heavy atom. The van der Waals surface area contributed by atoms with Gasteiger partial charge in [-0.1, -0.05) is 5.92 Å². The summed E-state index contributed by atoms with van der Waals surface area (Å²) >= 11 is 1.37. The van der Waals surface area contributed by atoms with Gasteiger partial charge in [0.1, 0.15) is 5.01 Å². The molecule has 0 unspecified atom stereocenters. The summed E-state index contributed by atoms with van der Waals surface area (Å²) in [5.74, 6) is 2.08. The van der Waals surface area contributed by atoms with Crippen molar-refractivity contribution in [3.63, 3.8) is 0 Å². The predicted molar refractivity (Wildman–Crippen MR) is 50.6 cm³/mol. The number of nitrogens with zero attached hydrogens (tertiary/aromatic N) is 1. The van der Waals surface area contributed by atoms with Crippen molar-refractivity contribution in [3.8, 4) is 12.3 Å². The van der Waals surface area contributed by atoms with Gasteiger partial charge < -0.3 is 4.74 Å². The third kappa shape index (κ3) is 2.56. The molecule has 0 bridgehead atoms. The molecule has 0 saturated heterocycles. The van der Waals surface area contributed by atoms with Gasteiger partial charge in [0.2, 0.25) is 0 Å². The quantitative estimate of drug-likeness (QED) is 0.542. The maximum absolute atomic E-state index is 11.1. The number of carbonyl (C=O) groups is 1. The molecule has 0 saturated carbocycles. The molecule has 13 heavy (non-hydrogen) atoms. The summed E-state index contributed by atoms with van der Waals surface area (Å²) in [6.07, 6.45) is 5.57. The van der Waals surface area contributed by atoms with Crippen LogP contribution in [0.4, 0.5) is 0 Å². The number of terminal acetylenes is 1. The molecule has 1 heterocycles. The largest absolute Gasteiger partial charge is 0.461 e. The zero-order chi connectivity index (χ0) is 9.68. The van der Waals surface area contributed by atoms with Gasteiger partial charge in [0.15, 0.2) is 5.69 Å². The maximum atomic E-state index is 11.1. The van der Waals surface area contributed by atoms with E-state index in [0.29, 0.717) is 18.7 Å². The maximum Gasteiger partial charge on any atom is 0.357 e. The molecule has 0 aliphatic rings. The zero-order valence-corrected chi connectivity index (χ0v) is 8.06. The van der Waals surface area contributed by atoms with E-state index in [-0.39, 0.29) is 5.97 Å². The van der Waals surface area contributed by atoms with Crippen LogP contribution in [0, 0.1) is 12.3 Å². The fourth-order valence-electron chi connectivity index (χ4n) is 0.778. The van der Waals surface area contributed by atoms with Gasteiger partial charge in [-0.3, -0.25) is 0 Å². The second-order valence-electron chi connectivity index (χ2n) is 2.23. The van der Waals surface area contributed by atoms with Crippen LogP contribution in [-0.2, 0) is 11.2 Å². The molecule has 1 aromatic rings. The fourth-order valence-corrected chi connectivity index (χ4v) is 1.49. The first kappa shape index (κ1) is 9.75. The van der Waals surface area contributed by atoms with Gasteiger partial charge in [-0.25, -0.2) is 9.78 Å². The number of rotatable bonds is 3. The second-order valence-corrected chi connectivity index (χ2v) is 3.17. The standard InChI is InChI=1S/C9H9NO2S/c1-3-5-8-10-7(6-13-8)9(11)12-4-2/h1,6H,4-5H2,2H3. The van der Waals surface area contributed by atoms with E-state index in [2.05, 4.69) is 10.9 Å². The van der Waals surface area contributed by atoms with E-state index in [9.17, 15) is 4.79 Å². The minimum Gasteiger partial charge on any atom is -0.461 e. The Balaban J connectivity index is 2.69. The molecular formula is C9H9NO2S. The first-order valence-corrected chi connectivity index (χ1v) is 4.71. The van der Waals surface area contributed by atoms with Crippen molar-refractivity contribution in [2.45, 2.75) is 13.3 Å². The lowest BCUT2D eigenvalue weighted by atomic mass is 10.4. The minimum absolute atomic E-state index is 0.345. The van der Waals surface area contributed by atoms with E-state index in [4.69, 9.17) is 11.2 Å². The first-order chi connectivity index (χ1) is 6.27. The molecule has 0 aliphatic heterocycles. The third-order valence-electron chi connectivity index (χ3n) is 1.29. The van der Waals surface area contributed by atoms with Gasteiger partial charge in [-0.2, -0.15) is 0 Å². The highest BCUT2D eigenvalue weighted by atomic mass is 32.1. The molecule has 0 aromatic carbocycles. The Hall–Kier alpha value is -1.34. The van der Waals surface area contributed by atoms with Crippen LogP contribution >= 0.6 is 11.3 Å². The van der Waals surface area contributed by atoms with Crippen LogP contribution in [0.2, 0.25) is 0 Å². The summed E-state index contributed by atoms with van der Waals surface area (Å²) in [7, 11) is 0. The van der Waals surface area contributed by atoms with Gasteiger partial charge in [0, 0.05) is 5.38 Å². The number of hydrogen-bond acceptors (Lipinski definition) is 4. The van der Waals surface area contributed by atoms with E-state index in [0.717, 1.165) is 5.01 Å². The normalized spacial score (nSPS) is 9.23. The first-order valence-electron chi connectivity index (χ1n) is 3.83. The summed E-state index contributed by atoms with van der Waals surface area (Å²) < 4.78 is 4.77. The highest BCUT2D eigenvalue weighted by Crippen LogP contribution is 2.10. The van der Waals surface area contributed by atoms with Crippen molar-refractivity contribution in [2.24, 2.45) is 0 Å². The van der Waals surface area contributed by atoms with E-state index >= 15 is 0 Å². The van der Waals surface area contributed by atoms with Crippen LogP contribution < -0.4 is 0 Å². The van der Waals surface area contributed by atoms with Crippen LogP contribution in [0.3, 0.4) is 0 Å². The molecule has 1 aromatic heterocycles. The Morgan fingerprint density at radius 1 is 1.85 bits per heavy atom. The monoisotopic (exact) mass is 195 g/mol. The molecule has 0 amide bonds. The highest BCUT2D eigenvalue weighted by molar-refractivity contribution is 7.09. The second kappa shape index (κ2) is 4.63. The van der Waals surface area contributed by atoms with Crippen LogP contribution in [0.5, 0.6) is 0 Å². The van der Waals surface area contributed by atoms with Crippen molar-refractivity contribution in [2.75, 3.05) is 6.61 Å². The highest BCUT2D eigenvalue weighted by Gasteiger charge is 2.10. The average molecular weight is 195 g/mol. The number of carbonyl (C=O) groups excluding carboxylic acids is 1. The lowest BCUT2D eigenvalue weighted by molar-refractivity contribution is 0.0520. The summed E-state index contributed by atoms with van der Waals surface area (Å²) in [4.78, 5) is 15.2. The Kier molecular flexibility index (Phi) is 3.47. The molecule has 0 spiro atoms. The molecule has 1 rings (SSSR count). The van der Waals surface area contributed by atoms with Gasteiger partial charge in [0.25, 0.3) is 0 Å². The number of hydrogen-bond donors (Lipinski definition) is 0. The van der Waals surface area contributed by atoms with Crippen LogP contribution in [0.25, 0.3) is 0 Å². The zero-order valence-electron chi connectivity index (χ0n) is 7.24. The Morgan fingerprint density at radius 3 is 3.23 bits per heavy atom. The molecule has 0 N–H and O–H groups in total. The SMILES string of the molecule is C#CCc1nc(C(=O)OCC)cs1. The summed E-state index contributed by atoms with van der Waals surface area (Å²) in [6.45, 7) is 2.12.